The average Bonchev–Trinajstić information content (AvgIpc) is 2.54. The Hall–Kier alpha value is -1.04. The summed E-state index contributed by atoms with van der Waals surface area (Å²) in [6, 6.07) is 0. The molecule has 0 aromatic heterocycles. The Kier molecular flexibility index (Phi) is 4.61. The molecular formula is C8H15ClN4O2. The van der Waals surface area contributed by atoms with Crippen molar-refractivity contribution in [1.29, 1.82) is 0 Å². The van der Waals surface area contributed by atoms with E-state index in [1.54, 1.807) is 0 Å². The van der Waals surface area contributed by atoms with Gasteiger partial charge in [0.1, 0.15) is 6.34 Å². The van der Waals surface area contributed by atoms with Gasteiger partial charge in [-0.25, -0.2) is 5.01 Å². The van der Waals surface area contributed by atoms with Crippen LogP contribution in [0, 0.1) is 10.1 Å². The van der Waals surface area contributed by atoms with Crippen molar-refractivity contribution in [2.45, 2.75) is 38.9 Å². The molecule has 0 radical (unpaired) electrons. The van der Waals surface area contributed by atoms with E-state index in [0.717, 1.165) is 30.1 Å². The van der Waals surface area contributed by atoms with Gasteiger partial charge >= 0.3 is 6.29 Å². The summed E-state index contributed by atoms with van der Waals surface area (Å²) in [4.78, 5) is 10.2. The summed E-state index contributed by atoms with van der Waals surface area (Å²) in [6.07, 6.45) is 4.48. The lowest BCUT2D eigenvalue weighted by Crippen LogP contribution is -2.41. The van der Waals surface area contributed by atoms with Gasteiger partial charge in [-0.15, -0.1) is 0 Å². The lowest BCUT2D eigenvalue weighted by Gasteiger charge is -2.18. The molecule has 1 unspecified atom stereocenters. The molecule has 1 aliphatic heterocycles. The minimum absolute atomic E-state index is 0.445. The van der Waals surface area contributed by atoms with Crippen molar-refractivity contribution < 1.29 is 4.92 Å². The van der Waals surface area contributed by atoms with Crippen molar-refractivity contribution in [2.75, 3.05) is 6.54 Å². The monoisotopic (exact) mass is 234 g/mol. The van der Waals surface area contributed by atoms with Crippen LogP contribution < -0.4 is 0 Å². The van der Waals surface area contributed by atoms with Crippen molar-refractivity contribution in [2.24, 2.45) is 5.10 Å². The number of hydrogen-bond donors (Lipinski definition) is 0. The van der Waals surface area contributed by atoms with Crippen LogP contribution in [-0.2, 0) is 0 Å². The maximum absolute atomic E-state index is 10.7. The number of nitrogens with zero attached hydrogens (tertiary/aromatic N) is 4. The second-order valence-electron chi connectivity index (χ2n) is 3.43. The molecule has 0 aromatic rings. The maximum Gasteiger partial charge on any atom is 0.397 e. The topological polar surface area (TPSA) is 62.0 Å². The van der Waals surface area contributed by atoms with E-state index in [0.29, 0.717) is 6.54 Å². The molecule has 0 saturated heterocycles. The van der Waals surface area contributed by atoms with Gasteiger partial charge in [0.15, 0.2) is 0 Å². The average molecular weight is 235 g/mol. The van der Waals surface area contributed by atoms with Gasteiger partial charge in [-0.3, -0.25) is 10.1 Å². The van der Waals surface area contributed by atoms with Crippen LogP contribution in [0.4, 0.5) is 0 Å². The van der Waals surface area contributed by atoms with Gasteiger partial charge < -0.3 is 0 Å². The van der Waals surface area contributed by atoms with Crippen LogP contribution in [0.25, 0.3) is 0 Å². The smallest absolute Gasteiger partial charge is 0.261 e. The molecule has 0 aliphatic carbocycles. The predicted octanol–water partition coefficient (Wildman–Crippen LogP) is 1.84. The van der Waals surface area contributed by atoms with Crippen LogP contribution in [-0.4, -0.2) is 33.5 Å². The van der Waals surface area contributed by atoms with Crippen LogP contribution in [0.2, 0.25) is 0 Å². The highest BCUT2D eigenvalue weighted by atomic mass is 35.5. The maximum atomic E-state index is 10.7. The fraction of sp³-hybridized carbons (Fsp3) is 0.875. The zero-order chi connectivity index (χ0) is 11.3. The third-order valence-electron chi connectivity index (χ3n) is 2.23. The van der Waals surface area contributed by atoms with Crippen molar-refractivity contribution in [3.63, 3.8) is 0 Å². The molecule has 0 bridgehead atoms. The molecule has 86 valence electrons. The summed E-state index contributed by atoms with van der Waals surface area (Å²) in [5.74, 6) is 0. The van der Waals surface area contributed by atoms with E-state index in [1.807, 2.05) is 0 Å². The molecule has 15 heavy (non-hydrogen) atoms. The van der Waals surface area contributed by atoms with E-state index in [1.165, 1.54) is 11.3 Å². The Bertz CT molecular complexity index is 249. The van der Waals surface area contributed by atoms with Gasteiger partial charge in [0, 0.05) is 18.3 Å². The highest BCUT2D eigenvalue weighted by Crippen LogP contribution is 2.16. The molecule has 1 heterocycles. The first-order chi connectivity index (χ1) is 7.16. The van der Waals surface area contributed by atoms with Crippen molar-refractivity contribution in [3.05, 3.63) is 10.1 Å². The van der Waals surface area contributed by atoms with Crippen molar-refractivity contribution in [3.8, 4) is 0 Å². The van der Waals surface area contributed by atoms with Crippen LogP contribution >= 0.6 is 11.8 Å². The first-order valence-electron chi connectivity index (χ1n) is 5.05. The Balaban J connectivity index is 2.34. The summed E-state index contributed by atoms with van der Waals surface area (Å²) >= 11 is 5.61. The lowest BCUT2D eigenvalue weighted by atomic mass is 10.2. The van der Waals surface area contributed by atoms with E-state index in [2.05, 4.69) is 12.0 Å². The fourth-order valence-electron chi connectivity index (χ4n) is 1.43. The van der Waals surface area contributed by atoms with Gasteiger partial charge in [0.25, 0.3) is 0 Å². The van der Waals surface area contributed by atoms with Crippen molar-refractivity contribution in [1.82, 2.24) is 9.43 Å². The third-order valence-corrected chi connectivity index (χ3v) is 2.49. The van der Waals surface area contributed by atoms with E-state index in [9.17, 15) is 10.1 Å². The summed E-state index contributed by atoms with van der Waals surface area (Å²) in [6.45, 7) is 2.69. The summed E-state index contributed by atoms with van der Waals surface area (Å²) < 4.78 is 0.986. The summed E-state index contributed by atoms with van der Waals surface area (Å²) in [5, 5.41) is 16.0. The van der Waals surface area contributed by atoms with E-state index in [4.69, 9.17) is 11.8 Å². The zero-order valence-corrected chi connectivity index (χ0v) is 9.43. The lowest BCUT2D eigenvalue weighted by molar-refractivity contribution is -0.564. The summed E-state index contributed by atoms with van der Waals surface area (Å²) in [5.41, 5.74) is 0. The zero-order valence-electron chi connectivity index (χ0n) is 8.67. The molecule has 7 heteroatoms. The molecule has 6 nitrogen and oxygen atoms in total. The molecule has 1 atom stereocenters. The van der Waals surface area contributed by atoms with Crippen LogP contribution in [0.3, 0.4) is 0 Å². The number of hydrazone groups is 1. The second kappa shape index (κ2) is 5.75. The molecule has 1 rings (SSSR count). The molecule has 0 saturated carbocycles. The predicted molar refractivity (Wildman–Crippen MR) is 57.8 cm³/mol. The highest BCUT2D eigenvalue weighted by Gasteiger charge is 2.36. The Labute approximate surface area is 93.7 Å². The van der Waals surface area contributed by atoms with Gasteiger partial charge in [-0.1, -0.05) is 26.2 Å². The first kappa shape index (κ1) is 12.0. The van der Waals surface area contributed by atoms with Gasteiger partial charge in [-0.2, -0.15) is 9.52 Å². The minimum Gasteiger partial charge on any atom is -0.261 e. The molecule has 0 aromatic carbocycles. The first-order valence-corrected chi connectivity index (χ1v) is 5.39. The third kappa shape index (κ3) is 3.23. The fourth-order valence-corrected chi connectivity index (χ4v) is 1.65. The van der Waals surface area contributed by atoms with Crippen molar-refractivity contribution >= 4 is 18.1 Å². The van der Waals surface area contributed by atoms with E-state index >= 15 is 0 Å². The normalized spacial score (nSPS) is 20.0. The Morgan fingerprint density at radius 1 is 1.53 bits per heavy atom. The number of unbranched alkanes of at least 4 members (excludes halogenated alkanes) is 3. The van der Waals surface area contributed by atoms with Gasteiger partial charge in [-0.05, 0) is 6.42 Å². The molecule has 0 spiro atoms. The van der Waals surface area contributed by atoms with Crippen LogP contribution in [0.1, 0.15) is 32.6 Å². The molecule has 0 amide bonds. The van der Waals surface area contributed by atoms with E-state index in [-0.39, 0.29) is 0 Å². The highest BCUT2D eigenvalue weighted by molar-refractivity contribution is 6.19. The molecule has 0 fully saturated rings. The molecule has 0 N–H and O–H groups in total. The van der Waals surface area contributed by atoms with Crippen LogP contribution in [0.5, 0.6) is 0 Å². The Morgan fingerprint density at radius 2 is 2.27 bits per heavy atom. The quantitative estimate of drug-likeness (QED) is 0.305. The van der Waals surface area contributed by atoms with Gasteiger partial charge in [0.05, 0.1) is 4.92 Å². The SMILES string of the molecule is CCCCCCN1N=CN(Cl)C1[N+](=O)[O-]. The number of hydrogen-bond acceptors (Lipinski definition) is 5. The largest absolute Gasteiger partial charge is 0.397 e. The van der Waals surface area contributed by atoms with Crippen LogP contribution in [0.15, 0.2) is 5.10 Å². The Morgan fingerprint density at radius 3 is 2.87 bits per heavy atom. The summed E-state index contributed by atoms with van der Waals surface area (Å²) in [7, 11) is 0. The number of halogens is 1. The molecular weight excluding hydrogens is 220 g/mol. The minimum atomic E-state index is -1.05. The number of rotatable bonds is 6. The van der Waals surface area contributed by atoms with Gasteiger partial charge in [0.2, 0.25) is 0 Å². The number of nitro groups is 1. The standard InChI is InChI=1S/C8H15ClN4O2/c1-2-3-4-5-6-12-8(13(14)15)11(9)7-10-12/h7-8H,2-6H2,1H3. The molecule has 1 aliphatic rings. The van der Waals surface area contributed by atoms with E-state index < -0.39 is 11.2 Å². The second-order valence-corrected chi connectivity index (χ2v) is 3.82.